The summed E-state index contributed by atoms with van der Waals surface area (Å²) in [6, 6.07) is 8.66. The summed E-state index contributed by atoms with van der Waals surface area (Å²) in [5.41, 5.74) is 2.47. The number of rotatable bonds is 6. The largest absolute Gasteiger partial charge is 0.384 e. The summed E-state index contributed by atoms with van der Waals surface area (Å²) in [7, 11) is 1.95. The van der Waals surface area contributed by atoms with Gasteiger partial charge >= 0.3 is 0 Å². The van der Waals surface area contributed by atoms with Crippen LogP contribution >= 0.6 is 11.8 Å². The lowest BCUT2D eigenvalue weighted by atomic mass is 9.97. The lowest BCUT2D eigenvalue weighted by Gasteiger charge is -2.28. The summed E-state index contributed by atoms with van der Waals surface area (Å²) in [4.78, 5) is 14.4. The van der Waals surface area contributed by atoms with Gasteiger partial charge in [0.1, 0.15) is 0 Å². The molecule has 0 aromatic heterocycles. The molecule has 0 radical (unpaired) electrons. The molecule has 1 aliphatic rings. The molecule has 2 unspecified atom stereocenters. The van der Waals surface area contributed by atoms with E-state index in [0.29, 0.717) is 18.4 Å². The summed E-state index contributed by atoms with van der Waals surface area (Å²) in [6.07, 6.45) is 3.71. The van der Waals surface area contributed by atoms with Crippen molar-refractivity contribution >= 4 is 23.4 Å². The van der Waals surface area contributed by atoms with Crippen LogP contribution in [0.25, 0.3) is 0 Å². The average molecular weight is 292 g/mol. The van der Waals surface area contributed by atoms with Crippen LogP contribution in [0.3, 0.4) is 0 Å². The van der Waals surface area contributed by atoms with Crippen LogP contribution in [0.2, 0.25) is 0 Å². The molecule has 1 heterocycles. The first-order chi connectivity index (χ1) is 9.67. The van der Waals surface area contributed by atoms with Crippen molar-refractivity contribution in [1.82, 2.24) is 4.90 Å². The van der Waals surface area contributed by atoms with E-state index >= 15 is 0 Å². The van der Waals surface area contributed by atoms with Crippen molar-refractivity contribution in [3.8, 4) is 0 Å². The van der Waals surface area contributed by atoms with Gasteiger partial charge in [-0.15, -0.1) is 0 Å². The molecule has 4 heteroatoms. The predicted molar refractivity (Wildman–Crippen MR) is 87.5 cm³/mol. The number of carbonyl (C=O) groups excluding carboxylic acids is 1. The zero-order valence-corrected chi connectivity index (χ0v) is 13.4. The lowest BCUT2D eigenvalue weighted by Crippen LogP contribution is -2.39. The summed E-state index contributed by atoms with van der Waals surface area (Å²) in [5.74, 6) is 1.58. The van der Waals surface area contributed by atoms with Crippen molar-refractivity contribution in [2.75, 3.05) is 30.9 Å². The van der Waals surface area contributed by atoms with Gasteiger partial charge in [0.2, 0.25) is 5.91 Å². The van der Waals surface area contributed by atoms with Crippen molar-refractivity contribution in [2.45, 2.75) is 31.7 Å². The summed E-state index contributed by atoms with van der Waals surface area (Å²) < 4.78 is 0. The average Bonchev–Trinajstić information content (AvgIpc) is 2.87. The van der Waals surface area contributed by atoms with Crippen LogP contribution in [-0.2, 0) is 4.79 Å². The van der Waals surface area contributed by atoms with E-state index in [1.54, 1.807) is 11.8 Å². The van der Waals surface area contributed by atoms with E-state index < -0.39 is 0 Å². The summed E-state index contributed by atoms with van der Waals surface area (Å²) in [6.45, 7) is 3.02. The zero-order valence-electron chi connectivity index (χ0n) is 12.6. The molecule has 1 amide bonds. The van der Waals surface area contributed by atoms with Crippen molar-refractivity contribution in [3.05, 3.63) is 29.8 Å². The molecule has 0 aliphatic carbocycles. The number of hydrogen-bond donors (Lipinski definition) is 1. The molecular weight excluding hydrogens is 268 g/mol. The number of para-hydroxylation sites is 1. The summed E-state index contributed by atoms with van der Waals surface area (Å²) in [5, 5.41) is 3.39. The topological polar surface area (TPSA) is 32.3 Å². The SMILES string of the molecule is CCC(CSC)N(C)C(=O)CC1CNc2ccccc21. The number of benzene rings is 1. The van der Waals surface area contributed by atoms with E-state index in [9.17, 15) is 4.79 Å². The van der Waals surface area contributed by atoms with Crippen LogP contribution in [0.1, 0.15) is 31.2 Å². The maximum atomic E-state index is 12.5. The Bertz CT molecular complexity index is 464. The van der Waals surface area contributed by atoms with Gasteiger partial charge in [-0.25, -0.2) is 0 Å². The summed E-state index contributed by atoms with van der Waals surface area (Å²) >= 11 is 1.81. The molecule has 3 nitrogen and oxygen atoms in total. The molecule has 2 atom stereocenters. The second kappa shape index (κ2) is 7.02. The Labute approximate surface area is 126 Å². The van der Waals surface area contributed by atoms with Gasteiger partial charge in [0, 0.05) is 43.4 Å². The zero-order chi connectivity index (χ0) is 14.5. The Morgan fingerprint density at radius 3 is 2.95 bits per heavy atom. The highest BCUT2D eigenvalue weighted by Crippen LogP contribution is 2.33. The van der Waals surface area contributed by atoms with Gasteiger partial charge < -0.3 is 10.2 Å². The molecule has 1 aliphatic heterocycles. The number of nitrogens with zero attached hydrogens (tertiary/aromatic N) is 1. The molecule has 0 saturated heterocycles. The van der Waals surface area contributed by atoms with Crippen LogP contribution in [-0.4, -0.2) is 42.4 Å². The highest BCUT2D eigenvalue weighted by molar-refractivity contribution is 7.98. The van der Waals surface area contributed by atoms with Gasteiger partial charge in [-0.3, -0.25) is 4.79 Å². The molecular formula is C16H24N2OS. The number of carbonyl (C=O) groups is 1. The van der Waals surface area contributed by atoms with E-state index in [4.69, 9.17) is 0 Å². The fourth-order valence-electron chi connectivity index (χ4n) is 2.79. The molecule has 110 valence electrons. The van der Waals surface area contributed by atoms with Crippen molar-refractivity contribution in [2.24, 2.45) is 0 Å². The molecule has 2 rings (SSSR count). The molecule has 1 aromatic carbocycles. The Morgan fingerprint density at radius 2 is 2.25 bits per heavy atom. The van der Waals surface area contributed by atoms with Gasteiger partial charge in [0.25, 0.3) is 0 Å². The third-order valence-electron chi connectivity index (χ3n) is 4.13. The molecule has 20 heavy (non-hydrogen) atoms. The quantitative estimate of drug-likeness (QED) is 0.874. The molecule has 0 fully saturated rings. The van der Waals surface area contributed by atoms with Crippen LogP contribution in [0.5, 0.6) is 0 Å². The number of anilines is 1. The van der Waals surface area contributed by atoms with E-state index in [0.717, 1.165) is 18.7 Å². The number of thioether (sulfide) groups is 1. The second-order valence-corrected chi connectivity index (χ2v) is 6.30. The van der Waals surface area contributed by atoms with Crippen LogP contribution in [0, 0.1) is 0 Å². The minimum Gasteiger partial charge on any atom is -0.384 e. The molecule has 0 saturated carbocycles. The Balaban J connectivity index is 1.98. The first kappa shape index (κ1) is 15.2. The molecule has 0 bridgehead atoms. The van der Waals surface area contributed by atoms with Crippen molar-refractivity contribution in [3.63, 3.8) is 0 Å². The predicted octanol–water partition coefficient (Wildman–Crippen LogP) is 3.19. The second-order valence-electron chi connectivity index (χ2n) is 5.39. The normalized spacial score (nSPS) is 18.2. The Morgan fingerprint density at radius 1 is 1.50 bits per heavy atom. The maximum Gasteiger partial charge on any atom is 0.223 e. The fraction of sp³-hybridized carbons (Fsp3) is 0.562. The van der Waals surface area contributed by atoms with E-state index in [1.165, 1.54) is 11.3 Å². The maximum absolute atomic E-state index is 12.5. The standard InChI is InChI=1S/C16H24N2OS/c1-4-13(11-20-3)18(2)16(19)9-12-10-17-15-8-6-5-7-14(12)15/h5-8,12-13,17H,4,9-11H2,1-3H3. The van der Waals surface area contributed by atoms with E-state index in [-0.39, 0.29) is 5.91 Å². The molecule has 1 N–H and O–H groups in total. The van der Waals surface area contributed by atoms with Crippen LogP contribution in [0.15, 0.2) is 24.3 Å². The van der Waals surface area contributed by atoms with E-state index in [2.05, 4.69) is 36.7 Å². The van der Waals surface area contributed by atoms with Gasteiger partial charge in [-0.1, -0.05) is 25.1 Å². The number of amides is 1. The number of fused-ring (bicyclic) bond motifs is 1. The Hall–Kier alpha value is -1.16. The smallest absolute Gasteiger partial charge is 0.223 e. The highest BCUT2D eigenvalue weighted by atomic mass is 32.2. The number of nitrogens with one attached hydrogen (secondary N) is 1. The molecule has 0 spiro atoms. The fourth-order valence-corrected chi connectivity index (χ4v) is 3.64. The first-order valence-corrected chi connectivity index (χ1v) is 8.64. The third-order valence-corrected chi connectivity index (χ3v) is 4.85. The minimum atomic E-state index is 0.259. The lowest BCUT2D eigenvalue weighted by molar-refractivity contribution is -0.131. The van der Waals surface area contributed by atoms with Crippen LogP contribution in [0.4, 0.5) is 5.69 Å². The molecule has 1 aromatic rings. The minimum absolute atomic E-state index is 0.259. The van der Waals surface area contributed by atoms with Crippen LogP contribution < -0.4 is 5.32 Å². The van der Waals surface area contributed by atoms with Crippen molar-refractivity contribution < 1.29 is 4.79 Å². The van der Waals surface area contributed by atoms with Gasteiger partial charge in [-0.2, -0.15) is 11.8 Å². The third kappa shape index (κ3) is 3.29. The van der Waals surface area contributed by atoms with Gasteiger partial charge in [-0.05, 0) is 24.3 Å². The Kier molecular flexibility index (Phi) is 5.35. The first-order valence-electron chi connectivity index (χ1n) is 7.24. The van der Waals surface area contributed by atoms with Gasteiger partial charge in [0.05, 0.1) is 0 Å². The monoisotopic (exact) mass is 292 g/mol. The number of hydrogen-bond acceptors (Lipinski definition) is 3. The van der Waals surface area contributed by atoms with E-state index in [1.807, 2.05) is 18.0 Å². The van der Waals surface area contributed by atoms with Gasteiger partial charge in [0.15, 0.2) is 0 Å². The van der Waals surface area contributed by atoms with Crippen molar-refractivity contribution in [1.29, 1.82) is 0 Å². The highest BCUT2D eigenvalue weighted by Gasteiger charge is 2.27.